The Morgan fingerprint density at radius 2 is 1.95 bits per heavy atom. The van der Waals surface area contributed by atoms with Crippen LogP contribution >= 0.6 is 0 Å². The molecule has 0 atom stereocenters. The lowest BCUT2D eigenvalue weighted by molar-refractivity contribution is -0.137. The molecule has 0 bridgehead atoms. The number of carboxylic acids is 1. The molecule has 20 heavy (non-hydrogen) atoms. The van der Waals surface area contributed by atoms with Crippen LogP contribution in [0.15, 0.2) is 18.2 Å². The molecule has 1 aromatic carbocycles. The monoisotopic (exact) mass is 276 g/mol. The molecule has 5 heteroatoms. The minimum atomic E-state index is -0.939. The highest BCUT2D eigenvalue weighted by molar-refractivity contribution is 5.89. The molecule has 0 fully saturated rings. The normalized spacial score (nSPS) is 14.2. The van der Waals surface area contributed by atoms with E-state index in [2.05, 4.69) is 5.32 Å². The van der Waals surface area contributed by atoms with Gasteiger partial charge in [-0.25, -0.2) is 4.79 Å². The van der Waals surface area contributed by atoms with E-state index in [4.69, 9.17) is 5.11 Å². The number of hydrogen-bond donors (Lipinski definition) is 2. The molecule has 108 valence electrons. The Balaban J connectivity index is 2.17. The zero-order chi connectivity index (χ0) is 14.9. The van der Waals surface area contributed by atoms with Gasteiger partial charge in [0.05, 0.1) is 11.1 Å². The lowest BCUT2D eigenvalue weighted by atomic mass is 10.0. The summed E-state index contributed by atoms with van der Waals surface area (Å²) in [6.07, 6.45) is 0. The molecule has 0 saturated carbocycles. The van der Waals surface area contributed by atoms with Gasteiger partial charge in [0.15, 0.2) is 0 Å². The van der Waals surface area contributed by atoms with Gasteiger partial charge in [-0.2, -0.15) is 0 Å². The molecule has 0 aliphatic carbocycles. The maximum Gasteiger partial charge on any atom is 0.335 e. The Labute approximate surface area is 118 Å². The van der Waals surface area contributed by atoms with Gasteiger partial charge in [0.25, 0.3) is 0 Å². The summed E-state index contributed by atoms with van der Waals surface area (Å²) in [5.41, 5.74) is 1.61. The van der Waals surface area contributed by atoms with E-state index in [1.165, 1.54) is 0 Å². The van der Waals surface area contributed by atoms with Crippen LogP contribution in [0.3, 0.4) is 0 Å². The van der Waals surface area contributed by atoms with E-state index in [1.54, 1.807) is 23.1 Å². The van der Waals surface area contributed by atoms with E-state index in [0.29, 0.717) is 13.1 Å². The largest absolute Gasteiger partial charge is 0.478 e. The third kappa shape index (κ3) is 2.67. The topological polar surface area (TPSA) is 69.6 Å². The van der Waals surface area contributed by atoms with Gasteiger partial charge >= 0.3 is 5.97 Å². The third-order valence-corrected chi connectivity index (χ3v) is 3.62. The van der Waals surface area contributed by atoms with Crippen molar-refractivity contribution in [3.05, 3.63) is 34.9 Å². The van der Waals surface area contributed by atoms with Crippen LogP contribution < -0.4 is 5.32 Å². The summed E-state index contributed by atoms with van der Waals surface area (Å²) in [6, 6.07) is 5.04. The van der Waals surface area contributed by atoms with Crippen molar-refractivity contribution in [2.75, 3.05) is 6.54 Å². The van der Waals surface area contributed by atoms with E-state index in [-0.39, 0.29) is 11.5 Å². The third-order valence-electron chi connectivity index (χ3n) is 3.62. The number of amides is 1. The van der Waals surface area contributed by atoms with Crippen LogP contribution in [0.2, 0.25) is 0 Å². The SMILES string of the molecule is CCNC(C)(C)C(=O)N1Cc2ccc(C(=O)O)cc2C1. The molecule has 2 N–H and O–H groups in total. The second-order valence-corrected chi connectivity index (χ2v) is 5.61. The number of nitrogens with zero attached hydrogens (tertiary/aromatic N) is 1. The van der Waals surface area contributed by atoms with E-state index in [1.807, 2.05) is 20.8 Å². The first-order chi connectivity index (χ1) is 9.35. The summed E-state index contributed by atoms with van der Waals surface area (Å²) < 4.78 is 0. The van der Waals surface area contributed by atoms with Crippen LogP contribution in [0.1, 0.15) is 42.3 Å². The second-order valence-electron chi connectivity index (χ2n) is 5.61. The highest BCUT2D eigenvalue weighted by Crippen LogP contribution is 2.26. The van der Waals surface area contributed by atoms with Gasteiger partial charge in [0, 0.05) is 13.1 Å². The Hall–Kier alpha value is -1.88. The van der Waals surface area contributed by atoms with Gasteiger partial charge in [0.2, 0.25) is 5.91 Å². The number of rotatable bonds is 4. The summed E-state index contributed by atoms with van der Waals surface area (Å²) >= 11 is 0. The average Bonchev–Trinajstić information content (AvgIpc) is 2.79. The van der Waals surface area contributed by atoms with Crippen LogP contribution in [0.4, 0.5) is 0 Å². The molecule has 1 aliphatic heterocycles. The number of fused-ring (bicyclic) bond motifs is 1. The van der Waals surface area contributed by atoms with Crippen molar-refractivity contribution in [1.29, 1.82) is 0 Å². The molecule has 0 radical (unpaired) electrons. The minimum absolute atomic E-state index is 0.0347. The number of benzene rings is 1. The van der Waals surface area contributed by atoms with Crippen molar-refractivity contribution in [3.63, 3.8) is 0 Å². The maximum absolute atomic E-state index is 12.5. The Morgan fingerprint density at radius 1 is 1.30 bits per heavy atom. The highest BCUT2D eigenvalue weighted by Gasteiger charge is 2.34. The summed E-state index contributed by atoms with van der Waals surface area (Å²) in [7, 11) is 0. The number of hydrogen-bond acceptors (Lipinski definition) is 3. The Morgan fingerprint density at radius 3 is 2.55 bits per heavy atom. The van der Waals surface area contributed by atoms with Gasteiger partial charge in [-0.3, -0.25) is 4.79 Å². The standard InChI is InChI=1S/C15H20N2O3/c1-4-16-15(2,3)14(20)17-8-11-6-5-10(13(18)19)7-12(11)9-17/h5-7,16H,4,8-9H2,1-3H3,(H,18,19). The van der Waals surface area contributed by atoms with Crippen LogP contribution in [0.5, 0.6) is 0 Å². The maximum atomic E-state index is 12.5. The summed E-state index contributed by atoms with van der Waals surface area (Å²) in [5.74, 6) is -0.905. The highest BCUT2D eigenvalue weighted by atomic mass is 16.4. The summed E-state index contributed by atoms with van der Waals surface area (Å²) in [6.45, 7) is 7.44. The molecule has 0 aromatic heterocycles. The molecule has 0 saturated heterocycles. The fourth-order valence-corrected chi connectivity index (χ4v) is 2.58. The number of nitrogens with one attached hydrogen (secondary N) is 1. The van der Waals surface area contributed by atoms with Crippen LogP contribution in [0.25, 0.3) is 0 Å². The lowest BCUT2D eigenvalue weighted by Gasteiger charge is -2.29. The van der Waals surface area contributed by atoms with Gasteiger partial charge in [-0.1, -0.05) is 13.0 Å². The van der Waals surface area contributed by atoms with Gasteiger partial charge in [0.1, 0.15) is 0 Å². The molecule has 5 nitrogen and oxygen atoms in total. The smallest absolute Gasteiger partial charge is 0.335 e. The van der Waals surface area contributed by atoms with Crippen molar-refractivity contribution in [2.24, 2.45) is 0 Å². The fraction of sp³-hybridized carbons (Fsp3) is 0.467. The first-order valence-corrected chi connectivity index (χ1v) is 6.74. The second kappa shape index (κ2) is 5.25. The molecule has 1 heterocycles. The van der Waals surface area contributed by atoms with Crippen molar-refractivity contribution in [1.82, 2.24) is 10.2 Å². The Bertz CT molecular complexity index is 552. The molecule has 1 aromatic rings. The Kier molecular flexibility index (Phi) is 3.81. The van der Waals surface area contributed by atoms with Gasteiger partial charge < -0.3 is 15.3 Å². The lowest BCUT2D eigenvalue weighted by Crippen LogP contribution is -2.52. The average molecular weight is 276 g/mol. The van der Waals surface area contributed by atoms with Crippen molar-refractivity contribution in [3.8, 4) is 0 Å². The van der Waals surface area contributed by atoms with E-state index in [0.717, 1.165) is 17.7 Å². The number of likely N-dealkylation sites (N-methyl/N-ethyl adjacent to an activating group) is 1. The van der Waals surface area contributed by atoms with Crippen LogP contribution in [0, 0.1) is 0 Å². The fourth-order valence-electron chi connectivity index (χ4n) is 2.58. The van der Waals surface area contributed by atoms with E-state index < -0.39 is 11.5 Å². The molecular weight excluding hydrogens is 256 g/mol. The van der Waals surface area contributed by atoms with Gasteiger partial charge in [-0.05, 0) is 43.7 Å². The van der Waals surface area contributed by atoms with Crippen molar-refractivity contribution >= 4 is 11.9 Å². The van der Waals surface area contributed by atoms with E-state index in [9.17, 15) is 9.59 Å². The van der Waals surface area contributed by atoms with Crippen molar-refractivity contribution < 1.29 is 14.7 Å². The van der Waals surface area contributed by atoms with E-state index >= 15 is 0 Å². The number of aromatic carboxylic acids is 1. The number of carbonyl (C=O) groups is 2. The van der Waals surface area contributed by atoms with Crippen LogP contribution in [-0.4, -0.2) is 34.0 Å². The number of carboxylic acid groups (broad SMARTS) is 1. The minimum Gasteiger partial charge on any atom is -0.478 e. The molecule has 2 rings (SSSR count). The molecule has 1 amide bonds. The van der Waals surface area contributed by atoms with Crippen LogP contribution in [-0.2, 0) is 17.9 Å². The predicted octanol–water partition coefficient (Wildman–Crippen LogP) is 1.62. The zero-order valence-corrected chi connectivity index (χ0v) is 12.1. The molecule has 1 aliphatic rings. The summed E-state index contributed by atoms with van der Waals surface area (Å²) in [4.78, 5) is 25.2. The molecule has 0 unspecified atom stereocenters. The first-order valence-electron chi connectivity index (χ1n) is 6.74. The predicted molar refractivity (Wildman–Crippen MR) is 75.4 cm³/mol. The summed E-state index contributed by atoms with van der Waals surface area (Å²) in [5, 5.41) is 12.2. The van der Waals surface area contributed by atoms with Gasteiger partial charge in [-0.15, -0.1) is 0 Å². The first kappa shape index (κ1) is 14.5. The quantitative estimate of drug-likeness (QED) is 0.876. The van der Waals surface area contributed by atoms with Crippen molar-refractivity contribution in [2.45, 2.75) is 39.4 Å². The zero-order valence-electron chi connectivity index (χ0n) is 12.1. The molecule has 0 spiro atoms. The number of carbonyl (C=O) groups excluding carboxylic acids is 1. The molecular formula is C15H20N2O3.